The molecule has 2 aromatic carbocycles. The van der Waals surface area contributed by atoms with E-state index in [1.807, 2.05) is 36.9 Å². The molecule has 7 nitrogen and oxygen atoms in total. The van der Waals surface area contributed by atoms with E-state index in [1.165, 1.54) is 12.1 Å². The van der Waals surface area contributed by atoms with Gasteiger partial charge in [0, 0.05) is 37.3 Å². The lowest BCUT2D eigenvalue weighted by Crippen LogP contribution is -2.29. The Morgan fingerprint density at radius 1 is 1.10 bits per heavy atom. The Balaban J connectivity index is 1.65. The van der Waals surface area contributed by atoms with Crippen molar-refractivity contribution in [3.63, 3.8) is 0 Å². The second kappa shape index (κ2) is 9.62. The van der Waals surface area contributed by atoms with Crippen LogP contribution >= 0.6 is 0 Å². The summed E-state index contributed by atoms with van der Waals surface area (Å²) >= 11 is 0. The molecule has 1 aliphatic heterocycles. The number of benzene rings is 2. The highest BCUT2D eigenvalue weighted by atomic mass is 32.2. The van der Waals surface area contributed by atoms with Gasteiger partial charge in [-0.05, 0) is 53.8 Å². The minimum absolute atomic E-state index is 0.126. The van der Waals surface area contributed by atoms with Crippen LogP contribution in [0.25, 0.3) is 0 Å². The predicted octanol–water partition coefficient (Wildman–Crippen LogP) is 3.45. The van der Waals surface area contributed by atoms with Gasteiger partial charge in [-0.3, -0.25) is 9.59 Å². The lowest BCUT2D eigenvalue weighted by molar-refractivity contribution is -0.119. The fourth-order valence-corrected chi connectivity index (χ4v) is 4.53. The molecule has 166 valence electrons. The fraction of sp³-hybridized carbons (Fsp3) is 0.391. The van der Waals surface area contributed by atoms with Crippen molar-refractivity contribution in [1.82, 2.24) is 4.72 Å². The van der Waals surface area contributed by atoms with Crippen molar-refractivity contribution in [2.45, 2.75) is 51.5 Å². The highest BCUT2D eigenvalue weighted by Gasteiger charge is 2.25. The summed E-state index contributed by atoms with van der Waals surface area (Å²) in [6.45, 7) is 6.62. The molecule has 2 aromatic rings. The van der Waals surface area contributed by atoms with Crippen molar-refractivity contribution in [1.29, 1.82) is 0 Å². The van der Waals surface area contributed by atoms with Gasteiger partial charge in [-0.1, -0.05) is 32.9 Å². The minimum Gasteiger partial charge on any atom is -0.326 e. The smallest absolute Gasteiger partial charge is 0.240 e. The van der Waals surface area contributed by atoms with Crippen LogP contribution in [0.1, 0.15) is 44.7 Å². The Hall–Kier alpha value is -2.71. The molecular formula is C23H29N3O4S. The van der Waals surface area contributed by atoms with Gasteiger partial charge in [0.15, 0.2) is 0 Å². The highest BCUT2D eigenvalue weighted by Crippen LogP contribution is 2.30. The van der Waals surface area contributed by atoms with Crippen molar-refractivity contribution in [2.24, 2.45) is 5.92 Å². The van der Waals surface area contributed by atoms with E-state index >= 15 is 0 Å². The second-order valence-electron chi connectivity index (χ2n) is 8.11. The molecule has 0 saturated carbocycles. The molecule has 31 heavy (non-hydrogen) atoms. The number of carbonyl (C=O) groups is 2. The molecule has 0 bridgehead atoms. The topological polar surface area (TPSA) is 95.6 Å². The summed E-state index contributed by atoms with van der Waals surface area (Å²) in [4.78, 5) is 25.8. The van der Waals surface area contributed by atoms with Gasteiger partial charge in [-0.25, -0.2) is 13.1 Å². The number of carbonyl (C=O) groups excluding carboxylic acids is 2. The van der Waals surface area contributed by atoms with Crippen LogP contribution in [-0.2, 0) is 32.6 Å². The first kappa shape index (κ1) is 23.0. The minimum atomic E-state index is -3.69. The van der Waals surface area contributed by atoms with Crippen molar-refractivity contribution < 1.29 is 18.0 Å². The number of hydrogen-bond acceptors (Lipinski definition) is 4. The van der Waals surface area contributed by atoms with E-state index in [0.29, 0.717) is 31.0 Å². The molecule has 0 unspecified atom stereocenters. The van der Waals surface area contributed by atoms with E-state index in [-0.39, 0.29) is 23.3 Å². The molecule has 1 heterocycles. The van der Waals surface area contributed by atoms with Crippen LogP contribution in [0.4, 0.5) is 11.4 Å². The van der Waals surface area contributed by atoms with Gasteiger partial charge in [-0.2, -0.15) is 0 Å². The maximum Gasteiger partial charge on any atom is 0.240 e. The molecule has 0 aromatic heterocycles. The first-order valence-electron chi connectivity index (χ1n) is 10.5. The lowest BCUT2D eigenvalue weighted by atomic mass is 10.1. The summed E-state index contributed by atoms with van der Waals surface area (Å²) < 4.78 is 27.9. The summed E-state index contributed by atoms with van der Waals surface area (Å²) in [5.74, 6) is 0.304. The lowest BCUT2D eigenvalue weighted by Gasteiger charge is -2.18. The summed E-state index contributed by atoms with van der Waals surface area (Å²) in [5, 5.41) is 2.69. The Morgan fingerprint density at radius 3 is 2.45 bits per heavy atom. The molecule has 8 heteroatoms. The van der Waals surface area contributed by atoms with Gasteiger partial charge < -0.3 is 10.2 Å². The fourth-order valence-electron chi connectivity index (χ4n) is 3.51. The predicted molar refractivity (Wildman–Crippen MR) is 121 cm³/mol. The van der Waals surface area contributed by atoms with E-state index in [9.17, 15) is 18.0 Å². The molecule has 0 aliphatic carbocycles. The van der Waals surface area contributed by atoms with Gasteiger partial charge in [0.1, 0.15) is 0 Å². The summed E-state index contributed by atoms with van der Waals surface area (Å²) in [6, 6.07) is 11.8. The van der Waals surface area contributed by atoms with E-state index in [1.54, 1.807) is 19.1 Å². The molecule has 0 spiro atoms. The van der Waals surface area contributed by atoms with Gasteiger partial charge in [0.05, 0.1) is 4.90 Å². The third-order valence-corrected chi connectivity index (χ3v) is 6.58. The van der Waals surface area contributed by atoms with E-state index in [2.05, 4.69) is 10.0 Å². The van der Waals surface area contributed by atoms with Crippen molar-refractivity contribution in [2.75, 3.05) is 16.8 Å². The second-order valence-corrected chi connectivity index (χ2v) is 9.87. The number of hydrogen-bond donors (Lipinski definition) is 2. The Bertz CT molecular complexity index is 1060. The largest absolute Gasteiger partial charge is 0.326 e. The van der Waals surface area contributed by atoms with Crippen LogP contribution < -0.4 is 14.9 Å². The number of rotatable bonds is 8. The molecule has 0 saturated heterocycles. The number of amides is 2. The average Bonchev–Trinajstić information content (AvgIpc) is 3.15. The van der Waals surface area contributed by atoms with Gasteiger partial charge in [0.25, 0.3) is 0 Å². The van der Waals surface area contributed by atoms with E-state index in [0.717, 1.165) is 23.2 Å². The van der Waals surface area contributed by atoms with Crippen LogP contribution in [0.5, 0.6) is 0 Å². The number of nitrogens with zero attached hydrogens (tertiary/aromatic N) is 1. The Morgan fingerprint density at radius 2 is 1.81 bits per heavy atom. The third-order valence-electron chi connectivity index (χ3n) is 5.16. The van der Waals surface area contributed by atoms with Crippen molar-refractivity contribution in [3.05, 3.63) is 53.6 Å². The standard InChI is InChI=1S/C23H29N3O4S/c1-4-22(27)25-19-6-8-20(9-7-19)31(29,30)24-15-17-5-10-21-18(14-17)11-12-26(21)23(28)13-16(2)3/h5-10,14,16,24H,4,11-13,15H2,1-3H3,(H,25,27). The first-order valence-corrected chi connectivity index (χ1v) is 12.0. The van der Waals surface area contributed by atoms with Gasteiger partial charge in [-0.15, -0.1) is 0 Å². The van der Waals surface area contributed by atoms with Crippen LogP contribution in [-0.4, -0.2) is 26.8 Å². The highest BCUT2D eigenvalue weighted by molar-refractivity contribution is 7.89. The molecule has 0 atom stereocenters. The van der Waals surface area contributed by atoms with E-state index < -0.39 is 10.0 Å². The molecule has 2 amide bonds. The van der Waals surface area contributed by atoms with Gasteiger partial charge >= 0.3 is 0 Å². The zero-order valence-corrected chi connectivity index (χ0v) is 19.0. The normalized spacial score (nSPS) is 13.4. The average molecular weight is 444 g/mol. The van der Waals surface area contributed by atoms with Crippen LogP contribution in [0.15, 0.2) is 47.4 Å². The van der Waals surface area contributed by atoms with Gasteiger partial charge in [0.2, 0.25) is 21.8 Å². The molecule has 1 aliphatic rings. The zero-order valence-electron chi connectivity index (χ0n) is 18.1. The molecule has 0 radical (unpaired) electrons. The van der Waals surface area contributed by atoms with Crippen LogP contribution in [0.2, 0.25) is 0 Å². The number of sulfonamides is 1. The maximum atomic E-state index is 12.6. The molecular weight excluding hydrogens is 414 g/mol. The molecule has 0 fully saturated rings. The number of fused-ring (bicyclic) bond motifs is 1. The zero-order chi connectivity index (χ0) is 22.6. The first-order chi connectivity index (χ1) is 14.7. The monoisotopic (exact) mass is 443 g/mol. The summed E-state index contributed by atoms with van der Waals surface area (Å²) in [5.41, 5.74) is 3.38. The third kappa shape index (κ3) is 5.71. The van der Waals surface area contributed by atoms with Crippen molar-refractivity contribution >= 4 is 33.2 Å². The maximum absolute atomic E-state index is 12.6. The molecule has 3 rings (SSSR count). The van der Waals surface area contributed by atoms with Crippen molar-refractivity contribution in [3.8, 4) is 0 Å². The number of nitrogens with one attached hydrogen (secondary N) is 2. The van der Waals surface area contributed by atoms with Crippen LogP contribution in [0.3, 0.4) is 0 Å². The summed E-state index contributed by atoms with van der Waals surface area (Å²) in [7, 11) is -3.69. The Labute approximate surface area is 183 Å². The van der Waals surface area contributed by atoms with Crippen LogP contribution in [0, 0.1) is 5.92 Å². The number of anilines is 2. The van der Waals surface area contributed by atoms with E-state index in [4.69, 9.17) is 0 Å². The molecule has 2 N–H and O–H groups in total. The summed E-state index contributed by atoms with van der Waals surface area (Å²) in [6.07, 6.45) is 1.64. The Kier molecular flexibility index (Phi) is 7.12. The quantitative estimate of drug-likeness (QED) is 0.653. The SMILES string of the molecule is CCC(=O)Nc1ccc(S(=O)(=O)NCc2ccc3c(c2)CCN3C(=O)CC(C)C)cc1.